The highest BCUT2D eigenvalue weighted by Crippen LogP contribution is 2.04. The van der Waals surface area contributed by atoms with Gasteiger partial charge < -0.3 is 0 Å². The lowest BCUT2D eigenvalue weighted by Crippen LogP contribution is -1.73. The molecule has 0 aliphatic heterocycles. The summed E-state index contributed by atoms with van der Waals surface area (Å²) in [6.45, 7) is 3.94. The van der Waals surface area contributed by atoms with Crippen molar-refractivity contribution in [3.8, 4) is 0 Å². The van der Waals surface area contributed by atoms with Crippen LogP contribution in [0.1, 0.15) is 19.4 Å². The summed E-state index contributed by atoms with van der Waals surface area (Å²) >= 11 is 0. The van der Waals surface area contributed by atoms with Crippen LogP contribution in [0.25, 0.3) is 6.08 Å². The van der Waals surface area contributed by atoms with Gasteiger partial charge in [0.15, 0.2) is 0 Å². The van der Waals surface area contributed by atoms with Crippen molar-refractivity contribution < 1.29 is 4.39 Å². The molecule has 0 bridgehead atoms. The van der Waals surface area contributed by atoms with Crippen LogP contribution < -0.4 is 0 Å². The first kappa shape index (κ1) is 8.76. The summed E-state index contributed by atoms with van der Waals surface area (Å²) in [5, 5.41) is 0. The van der Waals surface area contributed by atoms with Crippen LogP contribution in [0.4, 0.5) is 4.39 Å². The summed E-state index contributed by atoms with van der Waals surface area (Å²) in [6, 6.07) is 6.34. The Hall–Kier alpha value is -1.33. The van der Waals surface area contributed by atoms with Gasteiger partial charge >= 0.3 is 0 Å². The van der Waals surface area contributed by atoms with E-state index in [-0.39, 0.29) is 5.82 Å². The summed E-state index contributed by atoms with van der Waals surface area (Å²) in [5.41, 5.74) is 5.13. The third-order valence-corrected chi connectivity index (χ3v) is 1.40. The molecule has 1 rings (SSSR count). The zero-order valence-electron chi connectivity index (χ0n) is 7.26. The van der Waals surface area contributed by atoms with Crippen LogP contribution in [0.5, 0.6) is 0 Å². The SMILES string of the molecule is CC(C)=C=Cc1ccc(F)cc1. The molecule has 0 N–H and O–H groups in total. The van der Waals surface area contributed by atoms with Crippen LogP contribution in [0.3, 0.4) is 0 Å². The van der Waals surface area contributed by atoms with Crippen molar-refractivity contribution in [2.75, 3.05) is 0 Å². The second-order valence-electron chi connectivity index (χ2n) is 2.84. The fourth-order valence-electron chi connectivity index (χ4n) is 0.787. The summed E-state index contributed by atoms with van der Waals surface area (Å²) < 4.78 is 12.4. The summed E-state index contributed by atoms with van der Waals surface area (Å²) in [4.78, 5) is 0. The molecule has 0 radical (unpaired) electrons. The largest absolute Gasteiger partial charge is 0.207 e. The molecule has 0 amide bonds. The molecule has 1 aromatic carbocycles. The highest BCUT2D eigenvalue weighted by Gasteiger charge is 1.87. The Labute approximate surface area is 72.0 Å². The molecule has 0 spiro atoms. The standard InChI is InChI=1S/C11H11F/c1-9(2)3-4-10-5-7-11(12)8-6-10/h4-8H,1-2H3. The Kier molecular flexibility index (Phi) is 2.84. The first-order valence-corrected chi connectivity index (χ1v) is 3.84. The van der Waals surface area contributed by atoms with Gasteiger partial charge in [-0.3, -0.25) is 0 Å². The van der Waals surface area contributed by atoms with Gasteiger partial charge in [0.25, 0.3) is 0 Å². The average Bonchev–Trinajstić information content (AvgIpc) is 2.03. The van der Waals surface area contributed by atoms with Gasteiger partial charge in [-0.15, -0.1) is 5.73 Å². The quantitative estimate of drug-likeness (QED) is 0.555. The minimum atomic E-state index is -0.204. The molecule has 0 aromatic heterocycles. The number of hydrogen-bond donors (Lipinski definition) is 0. The minimum Gasteiger partial charge on any atom is -0.207 e. The Morgan fingerprint density at radius 1 is 1.25 bits per heavy atom. The Morgan fingerprint density at radius 2 is 1.83 bits per heavy atom. The van der Waals surface area contributed by atoms with E-state index in [1.165, 1.54) is 12.1 Å². The summed E-state index contributed by atoms with van der Waals surface area (Å²) in [7, 11) is 0. The van der Waals surface area contributed by atoms with E-state index >= 15 is 0 Å². The molecule has 0 aliphatic carbocycles. The molecule has 0 fully saturated rings. The molecule has 1 heteroatoms. The number of rotatable bonds is 1. The van der Waals surface area contributed by atoms with E-state index in [1.807, 2.05) is 19.9 Å². The smallest absolute Gasteiger partial charge is 0.123 e. The van der Waals surface area contributed by atoms with E-state index in [0.29, 0.717) is 0 Å². The molecule has 0 atom stereocenters. The first-order chi connectivity index (χ1) is 5.68. The molecule has 0 unspecified atom stereocenters. The van der Waals surface area contributed by atoms with Gasteiger partial charge in [-0.2, -0.15) is 0 Å². The molecule has 62 valence electrons. The Balaban J connectivity index is 2.92. The number of halogens is 1. The molecule has 0 saturated heterocycles. The fraction of sp³-hybridized carbons (Fsp3) is 0.182. The lowest BCUT2D eigenvalue weighted by atomic mass is 10.2. The molecule has 0 heterocycles. The van der Waals surface area contributed by atoms with Crippen molar-refractivity contribution in [1.82, 2.24) is 0 Å². The maximum atomic E-state index is 12.4. The first-order valence-electron chi connectivity index (χ1n) is 3.84. The van der Waals surface area contributed by atoms with Gasteiger partial charge in [0.1, 0.15) is 5.82 Å². The third-order valence-electron chi connectivity index (χ3n) is 1.40. The predicted molar refractivity (Wildman–Crippen MR) is 49.2 cm³/mol. The lowest BCUT2D eigenvalue weighted by molar-refractivity contribution is 0.628. The van der Waals surface area contributed by atoms with Crippen molar-refractivity contribution in [2.24, 2.45) is 0 Å². The molecular formula is C11H11F. The van der Waals surface area contributed by atoms with E-state index in [2.05, 4.69) is 5.73 Å². The van der Waals surface area contributed by atoms with E-state index < -0.39 is 0 Å². The van der Waals surface area contributed by atoms with Gasteiger partial charge in [0.2, 0.25) is 0 Å². The summed E-state index contributed by atoms with van der Waals surface area (Å²) in [5.74, 6) is -0.204. The van der Waals surface area contributed by atoms with Crippen LogP contribution in [-0.2, 0) is 0 Å². The maximum absolute atomic E-state index is 12.4. The molecule has 1 aromatic rings. The number of allylic oxidation sites excluding steroid dienone is 1. The zero-order chi connectivity index (χ0) is 8.97. The van der Waals surface area contributed by atoms with Crippen molar-refractivity contribution in [3.63, 3.8) is 0 Å². The van der Waals surface area contributed by atoms with Crippen LogP contribution in [0.15, 0.2) is 35.6 Å². The van der Waals surface area contributed by atoms with Crippen LogP contribution >= 0.6 is 0 Å². The molecule has 0 nitrogen and oxygen atoms in total. The van der Waals surface area contributed by atoms with Crippen molar-refractivity contribution in [3.05, 3.63) is 47.0 Å². The molecule has 0 saturated carbocycles. The van der Waals surface area contributed by atoms with E-state index in [4.69, 9.17) is 0 Å². The van der Waals surface area contributed by atoms with Gasteiger partial charge in [0.05, 0.1) is 0 Å². The van der Waals surface area contributed by atoms with Crippen LogP contribution in [0, 0.1) is 5.82 Å². The topological polar surface area (TPSA) is 0 Å². The maximum Gasteiger partial charge on any atom is 0.123 e. The lowest BCUT2D eigenvalue weighted by Gasteiger charge is -1.89. The normalized spacial score (nSPS) is 8.92. The molecular weight excluding hydrogens is 151 g/mol. The molecule has 0 aliphatic rings. The third kappa shape index (κ3) is 2.73. The van der Waals surface area contributed by atoms with Crippen LogP contribution in [-0.4, -0.2) is 0 Å². The average molecular weight is 162 g/mol. The zero-order valence-corrected chi connectivity index (χ0v) is 7.26. The van der Waals surface area contributed by atoms with Gasteiger partial charge in [-0.05, 0) is 43.2 Å². The number of hydrogen-bond acceptors (Lipinski definition) is 0. The van der Waals surface area contributed by atoms with Crippen molar-refractivity contribution >= 4 is 6.08 Å². The monoisotopic (exact) mass is 162 g/mol. The van der Waals surface area contributed by atoms with Gasteiger partial charge in [-0.1, -0.05) is 12.1 Å². The predicted octanol–water partition coefficient (Wildman–Crippen LogP) is 3.40. The number of benzene rings is 1. The Bertz CT molecular complexity index is 309. The summed E-state index contributed by atoms with van der Waals surface area (Å²) in [6.07, 6.45) is 1.84. The molecule has 12 heavy (non-hydrogen) atoms. The fourth-order valence-corrected chi connectivity index (χ4v) is 0.787. The van der Waals surface area contributed by atoms with E-state index in [1.54, 1.807) is 12.1 Å². The highest BCUT2D eigenvalue weighted by atomic mass is 19.1. The minimum absolute atomic E-state index is 0.204. The second-order valence-corrected chi connectivity index (χ2v) is 2.84. The Morgan fingerprint density at radius 3 is 2.33 bits per heavy atom. The van der Waals surface area contributed by atoms with Crippen molar-refractivity contribution in [1.29, 1.82) is 0 Å². The van der Waals surface area contributed by atoms with E-state index in [9.17, 15) is 4.39 Å². The van der Waals surface area contributed by atoms with Gasteiger partial charge in [-0.25, -0.2) is 4.39 Å². The van der Waals surface area contributed by atoms with Gasteiger partial charge in [0, 0.05) is 0 Å². The van der Waals surface area contributed by atoms with Crippen molar-refractivity contribution in [2.45, 2.75) is 13.8 Å². The van der Waals surface area contributed by atoms with E-state index in [0.717, 1.165) is 11.1 Å². The highest BCUT2D eigenvalue weighted by molar-refractivity contribution is 5.48. The van der Waals surface area contributed by atoms with Crippen LogP contribution in [0.2, 0.25) is 0 Å². The second kappa shape index (κ2) is 3.89.